The van der Waals surface area contributed by atoms with Gasteiger partial charge in [0.2, 0.25) is 0 Å². The molecule has 3 aromatic rings. The summed E-state index contributed by atoms with van der Waals surface area (Å²) >= 11 is 0. The Hall–Kier alpha value is -4.71. The van der Waals surface area contributed by atoms with Crippen molar-refractivity contribution >= 4 is 47.4 Å². The van der Waals surface area contributed by atoms with E-state index >= 15 is 0 Å². The standard InChI is InChI=1S/C37H45BN4O7/c1-2-12-30(34(44)37(47)39-22-32(43)49-23-25-13-5-3-6-14-25)41-35(45)31(21-28-19-11-18-26-15-9-10-20-29(26)28)42-36(46)33(40-24-38-48)27-16-7-4-8-17-27/h3,5-6,9-11,13-15,18-20,27,30-31,33,40H,2,4,7-8,12,16-17,21-24H2,1H3,(H,39,47)(H,41,45)(H,42,46)/t30?,31-,33-/m0/s1. The number of fused-ring (bicyclic) bond motifs is 1. The van der Waals surface area contributed by atoms with Crippen LogP contribution < -0.4 is 21.3 Å². The van der Waals surface area contributed by atoms with Gasteiger partial charge in [0.1, 0.15) is 13.2 Å². The van der Waals surface area contributed by atoms with Gasteiger partial charge in [0.25, 0.3) is 0 Å². The molecule has 0 aromatic heterocycles. The average molecular weight is 669 g/mol. The van der Waals surface area contributed by atoms with E-state index in [-0.39, 0.29) is 31.8 Å². The van der Waals surface area contributed by atoms with E-state index in [1.807, 2.05) is 67.6 Å². The van der Waals surface area contributed by atoms with Crippen LogP contribution in [-0.2, 0) is 46.4 Å². The van der Waals surface area contributed by atoms with Crippen LogP contribution >= 0.6 is 0 Å². The molecule has 49 heavy (non-hydrogen) atoms. The van der Waals surface area contributed by atoms with Crippen molar-refractivity contribution in [3.8, 4) is 0 Å². The van der Waals surface area contributed by atoms with Gasteiger partial charge < -0.3 is 4.74 Å². The Labute approximate surface area is 287 Å². The third-order valence-corrected chi connectivity index (χ3v) is 8.83. The van der Waals surface area contributed by atoms with Crippen LogP contribution in [0.15, 0.2) is 72.8 Å². The zero-order valence-corrected chi connectivity index (χ0v) is 28.0. The van der Waals surface area contributed by atoms with Crippen LogP contribution in [0.3, 0.4) is 0 Å². The van der Waals surface area contributed by atoms with E-state index < -0.39 is 54.1 Å². The fraction of sp³-hybridized carbons (Fsp3) is 0.432. The Morgan fingerprint density at radius 3 is 2.27 bits per heavy atom. The number of esters is 1. The number of ether oxygens (including phenoxy) is 1. The summed E-state index contributed by atoms with van der Waals surface area (Å²) in [7, 11) is 0.707. The molecule has 4 rings (SSSR count). The van der Waals surface area contributed by atoms with E-state index in [0.29, 0.717) is 13.6 Å². The molecule has 0 spiro atoms. The normalized spacial score (nSPS) is 14.9. The predicted octanol–water partition coefficient (Wildman–Crippen LogP) is 3.13. The molecule has 0 radical (unpaired) electrons. The monoisotopic (exact) mass is 668 g/mol. The number of rotatable bonds is 18. The van der Waals surface area contributed by atoms with Gasteiger partial charge in [0.05, 0.1) is 0 Å². The molecule has 1 aliphatic rings. The predicted molar refractivity (Wildman–Crippen MR) is 185 cm³/mol. The molecular weight excluding hydrogens is 623 g/mol. The first kappa shape index (κ1) is 37.1. The molecule has 0 aliphatic heterocycles. The molecule has 0 heterocycles. The summed E-state index contributed by atoms with van der Waals surface area (Å²) in [5.41, 5.74) is 1.59. The number of benzene rings is 3. The summed E-state index contributed by atoms with van der Waals surface area (Å²) in [4.78, 5) is 66.1. The molecular formula is C37H45BN4O7. The maximum absolute atomic E-state index is 14.0. The van der Waals surface area contributed by atoms with Crippen LogP contribution in [0.2, 0.25) is 0 Å². The minimum absolute atomic E-state index is 0.00322. The van der Waals surface area contributed by atoms with Crippen molar-refractivity contribution in [2.75, 3.05) is 13.0 Å². The fourth-order valence-corrected chi connectivity index (χ4v) is 6.29. The Morgan fingerprint density at radius 2 is 1.53 bits per heavy atom. The summed E-state index contributed by atoms with van der Waals surface area (Å²) in [6.45, 7) is 1.32. The van der Waals surface area contributed by atoms with Gasteiger partial charge >= 0.3 is 229 Å². The van der Waals surface area contributed by atoms with E-state index in [1.54, 1.807) is 12.1 Å². The number of amides is 3. The fourth-order valence-electron chi connectivity index (χ4n) is 6.29. The van der Waals surface area contributed by atoms with Gasteiger partial charge in [-0.15, -0.1) is 0 Å². The van der Waals surface area contributed by atoms with Crippen molar-refractivity contribution < 1.29 is 33.4 Å². The third-order valence-electron chi connectivity index (χ3n) is 8.83. The van der Waals surface area contributed by atoms with Crippen molar-refractivity contribution in [2.24, 2.45) is 5.92 Å². The summed E-state index contributed by atoms with van der Waals surface area (Å²) in [6, 6.07) is 19.5. The number of ketones is 1. The van der Waals surface area contributed by atoms with Gasteiger partial charge in [-0.25, -0.2) is 0 Å². The van der Waals surface area contributed by atoms with Gasteiger partial charge in [-0.3, -0.25) is 4.79 Å². The number of carbonyl (C=O) groups excluding carboxylic acids is 5. The van der Waals surface area contributed by atoms with E-state index in [4.69, 9.17) is 4.74 Å². The van der Waals surface area contributed by atoms with E-state index in [0.717, 1.165) is 54.0 Å². The molecule has 258 valence electrons. The molecule has 0 bridgehead atoms. The Kier molecular flexibility index (Phi) is 14.6. The number of hydrogen-bond acceptors (Lipinski definition) is 8. The van der Waals surface area contributed by atoms with Gasteiger partial charge in [-0.2, -0.15) is 0 Å². The van der Waals surface area contributed by atoms with Gasteiger partial charge in [-0.05, 0) is 5.56 Å². The molecule has 3 atom stereocenters. The zero-order chi connectivity index (χ0) is 35.0. The summed E-state index contributed by atoms with van der Waals surface area (Å²) < 4.78 is 16.4. The van der Waals surface area contributed by atoms with Gasteiger partial charge in [-0.1, -0.05) is 30.3 Å². The van der Waals surface area contributed by atoms with E-state index in [1.165, 1.54) is 0 Å². The van der Waals surface area contributed by atoms with Crippen molar-refractivity contribution in [1.82, 2.24) is 21.3 Å². The first-order chi connectivity index (χ1) is 23.8. The van der Waals surface area contributed by atoms with Gasteiger partial charge in [0.15, 0.2) is 0 Å². The minimum atomic E-state index is -1.19. The third kappa shape index (κ3) is 11.2. The second-order valence-electron chi connectivity index (χ2n) is 12.4. The number of hydrogen-bond donors (Lipinski definition) is 4. The van der Waals surface area contributed by atoms with Crippen LogP contribution in [0.4, 0.5) is 0 Å². The number of Topliss-reactive ketones (excluding diaryl/α,β-unsaturated/α-hetero) is 1. The van der Waals surface area contributed by atoms with E-state index in [9.17, 15) is 28.7 Å². The van der Waals surface area contributed by atoms with Crippen LogP contribution in [0.1, 0.15) is 63.0 Å². The maximum atomic E-state index is 14.0. The molecule has 1 unspecified atom stereocenters. The van der Waals surface area contributed by atoms with Crippen molar-refractivity contribution in [1.29, 1.82) is 0 Å². The molecule has 3 amide bonds. The average Bonchev–Trinajstić information content (AvgIpc) is 3.13. The molecule has 1 saturated carbocycles. The van der Waals surface area contributed by atoms with Crippen LogP contribution in [-0.4, -0.2) is 67.7 Å². The summed E-state index contributed by atoms with van der Waals surface area (Å²) in [6.07, 6.45) is 5.45. The number of nitrogens with one attached hydrogen (secondary N) is 4. The molecule has 12 heteroatoms. The first-order valence-electron chi connectivity index (χ1n) is 17.1. The van der Waals surface area contributed by atoms with Crippen LogP contribution in [0.25, 0.3) is 10.8 Å². The Balaban J connectivity index is 1.48. The minimum Gasteiger partial charge on any atom is -0.460 e. The van der Waals surface area contributed by atoms with E-state index in [2.05, 4.69) is 21.3 Å². The van der Waals surface area contributed by atoms with Crippen LogP contribution in [0, 0.1) is 5.92 Å². The molecule has 11 nitrogen and oxygen atoms in total. The Bertz CT molecular complexity index is 1590. The molecule has 0 saturated heterocycles. The van der Waals surface area contributed by atoms with Crippen molar-refractivity contribution in [2.45, 2.75) is 83.0 Å². The van der Waals surface area contributed by atoms with Gasteiger partial charge in [0, 0.05) is 0 Å². The quantitative estimate of drug-likeness (QED) is 0.0915. The van der Waals surface area contributed by atoms with Crippen molar-refractivity contribution in [3.63, 3.8) is 0 Å². The molecule has 1 fully saturated rings. The first-order valence-corrected chi connectivity index (χ1v) is 17.1. The SMILES string of the molecule is CCCC(NC(=O)[C@H](Cc1cccc2ccccc12)NC(=O)[C@@H](NCB=O)C1CCCCC1)C(=O)C(=O)NCC(=O)OCc1ccccc1. The van der Waals surface area contributed by atoms with Crippen molar-refractivity contribution in [3.05, 3.63) is 83.9 Å². The topological polar surface area (TPSA) is 160 Å². The number of carbonyl (C=O) groups is 5. The molecule has 1 aliphatic carbocycles. The van der Waals surface area contributed by atoms with Crippen LogP contribution in [0.5, 0.6) is 0 Å². The Morgan fingerprint density at radius 1 is 0.837 bits per heavy atom. The smallest absolute Gasteiger partial charge is 0.460 e. The molecule has 4 N–H and O–H groups in total. The summed E-state index contributed by atoms with van der Waals surface area (Å²) in [5.74, 6) is -3.67. The summed E-state index contributed by atoms with van der Waals surface area (Å²) in [5, 5.41) is 12.9. The zero-order valence-electron chi connectivity index (χ0n) is 28.0. The second kappa shape index (κ2) is 19.3. The second-order valence-corrected chi connectivity index (χ2v) is 12.4. The molecule has 3 aromatic carbocycles.